The second kappa shape index (κ2) is 8.66. The van der Waals surface area contributed by atoms with E-state index < -0.39 is 24.0 Å². The Labute approximate surface area is 187 Å². The van der Waals surface area contributed by atoms with Gasteiger partial charge in [0.2, 0.25) is 5.91 Å². The van der Waals surface area contributed by atoms with E-state index >= 15 is 0 Å². The summed E-state index contributed by atoms with van der Waals surface area (Å²) in [5, 5.41) is 14.3. The molecule has 1 aliphatic heterocycles. The van der Waals surface area contributed by atoms with Crippen molar-refractivity contribution in [2.45, 2.75) is 37.8 Å². The van der Waals surface area contributed by atoms with Crippen LogP contribution in [0.5, 0.6) is 0 Å². The minimum atomic E-state index is -1.16. The van der Waals surface area contributed by atoms with Crippen LogP contribution in [-0.2, 0) is 22.6 Å². The summed E-state index contributed by atoms with van der Waals surface area (Å²) >= 11 is 3.32. The number of nitrogens with zero attached hydrogens (tertiary/aromatic N) is 1. The molecule has 0 bridgehead atoms. The van der Waals surface area contributed by atoms with Crippen LogP contribution in [0.1, 0.15) is 40.4 Å². The highest BCUT2D eigenvalue weighted by Crippen LogP contribution is 2.37. The van der Waals surface area contributed by atoms with E-state index in [9.17, 15) is 19.2 Å². The quantitative estimate of drug-likeness (QED) is 0.560. The molecule has 3 N–H and O–H groups in total. The van der Waals surface area contributed by atoms with Gasteiger partial charge < -0.3 is 20.3 Å². The first kappa shape index (κ1) is 21.3. The van der Waals surface area contributed by atoms with Crippen molar-refractivity contribution < 1.29 is 24.3 Å². The highest BCUT2D eigenvalue weighted by atomic mass is 79.9. The summed E-state index contributed by atoms with van der Waals surface area (Å²) in [4.78, 5) is 49.5. The van der Waals surface area contributed by atoms with E-state index in [1.165, 1.54) is 0 Å². The largest absolute Gasteiger partial charge is 0.465 e. The third kappa shape index (κ3) is 4.41. The van der Waals surface area contributed by atoms with Crippen molar-refractivity contribution in [3.63, 3.8) is 0 Å². The summed E-state index contributed by atoms with van der Waals surface area (Å²) in [5.74, 6) is -1.96. The number of ketones is 2. The van der Waals surface area contributed by atoms with Crippen LogP contribution in [-0.4, -0.2) is 45.8 Å². The van der Waals surface area contributed by atoms with Crippen molar-refractivity contribution in [2.75, 3.05) is 6.54 Å². The molecule has 2 aliphatic rings. The summed E-state index contributed by atoms with van der Waals surface area (Å²) in [7, 11) is 0. The summed E-state index contributed by atoms with van der Waals surface area (Å²) in [6.45, 7) is 0.164. The molecule has 31 heavy (non-hydrogen) atoms. The van der Waals surface area contributed by atoms with E-state index in [2.05, 4.69) is 26.6 Å². The molecule has 0 fully saturated rings. The average molecular weight is 488 g/mol. The Balaban J connectivity index is 1.48. The summed E-state index contributed by atoms with van der Waals surface area (Å²) in [5.41, 5.74) is 2.32. The van der Waals surface area contributed by atoms with Gasteiger partial charge in [-0.2, -0.15) is 0 Å². The third-order valence-electron chi connectivity index (χ3n) is 6.00. The van der Waals surface area contributed by atoms with Crippen LogP contribution >= 0.6 is 15.9 Å². The Morgan fingerprint density at radius 1 is 1.16 bits per heavy atom. The van der Waals surface area contributed by atoms with Crippen molar-refractivity contribution in [1.82, 2.24) is 15.2 Å². The fraction of sp³-hybridized carbons (Fsp3) is 0.364. The van der Waals surface area contributed by atoms with Gasteiger partial charge in [0.15, 0.2) is 5.78 Å². The number of benzene rings is 1. The second-order valence-electron chi connectivity index (χ2n) is 7.97. The van der Waals surface area contributed by atoms with Crippen LogP contribution in [0.2, 0.25) is 0 Å². The van der Waals surface area contributed by atoms with E-state index in [0.29, 0.717) is 24.9 Å². The number of halogens is 1. The maximum Gasteiger partial charge on any atom is 0.404 e. The first-order valence-corrected chi connectivity index (χ1v) is 10.9. The molecule has 0 spiro atoms. The van der Waals surface area contributed by atoms with E-state index in [1.54, 1.807) is 24.3 Å². The first-order valence-electron chi connectivity index (χ1n) is 10.1. The maximum atomic E-state index is 13.1. The fourth-order valence-corrected chi connectivity index (χ4v) is 4.80. The van der Waals surface area contributed by atoms with Gasteiger partial charge in [0.05, 0.1) is 18.4 Å². The van der Waals surface area contributed by atoms with Gasteiger partial charge in [-0.1, -0.05) is 28.1 Å². The first-order chi connectivity index (χ1) is 14.8. The lowest BCUT2D eigenvalue weighted by molar-refractivity contribution is -0.130. The number of amides is 2. The van der Waals surface area contributed by atoms with Gasteiger partial charge in [0, 0.05) is 40.9 Å². The fourth-order valence-electron chi connectivity index (χ4n) is 4.54. The number of carbonyl (C=O) groups excluding carboxylic acids is 3. The number of Topliss-reactive ketones (excluding diaryl/α,β-unsaturated/α-hetero) is 2. The number of hydrogen-bond donors (Lipinski definition) is 3. The number of hydrogen-bond acceptors (Lipinski definition) is 4. The van der Waals surface area contributed by atoms with Gasteiger partial charge in [0.1, 0.15) is 5.78 Å². The van der Waals surface area contributed by atoms with Gasteiger partial charge in [-0.15, -0.1) is 0 Å². The van der Waals surface area contributed by atoms with Gasteiger partial charge in [-0.05, 0) is 36.6 Å². The van der Waals surface area contributed by atoms with Crippen LogP contribution in [0, 0.1) is 5.92 Å². The molecule has 2 amide bonds. The zero-order valence-electron chi connectivity index (χ0n) is 16.6. The molecule has 0 radical (unpaired) electrons. The molecule has 1 aromatic carbocycles. The van der Waals surface area contributed by atoms with Crippen LogP contribution < -0.4 is 10.6 Å². The predicted octanol–water partition coefficient (Wildman–Crippen LogP) is 2.50. The van der Waals surface area contributed by atoms with Gasteiger partial charge >= 0.3 is 6.09 Å². The SMILES string of the molecule is O=C(O)N[C@H]1CCc2ccn3c2C1C(=O)C[C@H](C(=O)NCC(=O)c1ccc(Br)cc1)C3. The van der Waals surface area contributed by atoms with Crippen LogP contribution in [0.25, 0.3) is 0 Å². The number of carbonyl (C=O) groups is 4. The van der Waals surface area contributed by atoms with Crippen molar-refractivity contribution in [3.05, 3.63) is 57.8 Å². The van der Waals surface area contributed by atoms with E-state index in [4.69, 9.17) is 5.11 Å². The van der Waals surface area contributed by atoms with Crippen LogP contribution in [0.15, 0.2) is 41.0 Å². The summed E-state index contributed by atoms with van der Waals surface area (Å²) in [6.07, 6.45) is 1.91. The third-order valence-corrected chi connectivity index (χ3v) is 6.52. The Morgan fingerprint density at radius 2 is 1.90 bits per heavy atom. The number of rotatable bonds is 5. The number of aryl methyl sites for hydroxylation is 1. The molecule has 4 rings (SSSR count). The lowest BCUT2D eigenvalue weighted by Gasteiger charge is -2.31. The molecule has 1 aliphatic carbocycles. The molecule has 9 heteroatoms. The Kier molecular flexibility index (Phi) is 5.95. The minimum absolute atomic E-state index is 0.00188. The number of aromatic nitrogens is 1. The van der Waals surface area contributed by atoms with Crippen molar-refractivity contribution in [3.8, 4) is 0 Å². The molecule has 1 unspecified atom stereocenters. The second-order valence-corrected chi connectivity index (χ2v) is 8.88. The van der Waals surface area contributed by atoms with Crippen molar-refractivity contribution >= 4 is 39.5 Å². The number of nitrogens with one attached hydrogen (secondary N) is 2. The van der Waals surface area contributed by atoms with E-state index in [-0.39, 0.29) is 30.4 Å². The standard InChI is InChI=1S/C22H22BrN3O5/c23-15-4-1-12(2-5-15)18(28)10-24-21(29)14-9-17(27)19-16(25-22(30)31)6-3-13-7-8-26(11-14)20(13)19/h1-2,4-5,7-8,14,16,19,25H,3,6,9-11H2,(H,24,29)(H,30,31)/t14-,16-,19?/m0/s1. The average Bonchev–Trinajstić information content (AvgIpc) is 3.06. The molecule has 1 aromatic heterocycles. The van der Waals surface area contributed by atoms with Gasteiger partial charge in [-0.25, -0.2) is 4.79 Å². The topological polar surface area (TPSA) is 118 Å². The van der Waals surface area contributed by atoms with E-state index in [0.717, 1.165) is 15.7 Å². The minimum Gasteiger partial charge on any atom is -0.465 e. The maximum absolute atomic E-state index is 13.1. The highest BCUT2D eigenvalue weighted by molar-refractivity contribution is 9.10. The highest BCUT2D eigenvalue weighted by Gasteiger charge is 2.42. The molecule has 8 nitrogen and oxygen atoms in total. The summed E-state index contributed by atoms with van der Waals surface area (Å²) in [6, 6.07) is 8.30. The van der Waals surface area contributed by atoms with Crippen LogP contribution in [0.4, 0.5) is 4.79 Å². The van der Waals surface area contributed by atoms with Gasteiger partial charge in [0.25, 0.3) is 0 Å². The molecule has 0 saturated carbocycles. The summed E-state index contributed by atoms with van der Waals surface area (Å²) < 4.78 is 2.75. The molecule has 3 atom stereocenters. The van der Waals surface area contributed by atoms with Crippen molar-refractivity contribution in [2.24, 2.45) is 5.92 Å². The monoisotopic (exact) mass is 487 g/mol. The van der Waals surface area contributed by atoms with E-state index in [1.807, 2.05) is 16.8 Å². The zero-order valence-corrected chi connectivity index (χ0v) is 18.2. The molecular formula is C22H22BrN3O5. The van der Waals surface area contributed by atoms with Gasteiger partial charge in [-0.3, -0.25) is 14.4 Å². The zero-order chi connectivity index (χ0) is 22.1. The molecule has 2 heterocycles. The van der Waals surface area contributed by atoms with Crippen LogP contribution in [0.3, 0.4) is 0 Å². The Morgan fingerprint density at radius 3 is 2.61 bits per heavy atom. The molecule has 2 aromatic rings. The molecule has 0 saturated heterocycles. The lowest BCUT2D eigenvalue weighted by Crippen LogP contribution is -2.44. The molecular weight excluding hydrogens is 466 g/mol. The normalized spacial score (nSPS) is 22.2. The number of carboxylic acid groups (broad SMARTS) is 1. The smallest absolute Gasteiger partial charge is 0.404 e. The Hall–Kier alpha value is -2.94. The molecule has 162 valence electrons. The predicted molar refractivity (Wildman–Crippen MR) is 115 cm³/mol. The van der Waals surface area contributed by atoms with Crippen molar-refractivity contribution in [1.29, 1.82) is 0 Å². The Bertz CT molecular complexity index is 1050. The lowest BCUT2D eigenvalue weighted by atomic mass is 9.79.